The largest absolute Gasteiger partial charge is 0.481 e. The maximum Gasteiger partial charge on any atom is 0.303 e. The van der Waals surface area contributed by atoms with Gasteiger partial charge in [-0.1, -0.05) is 44.0 Å². The third kappa shape index (κ3) is 4.38. The average molecular weight is 260 g/mol. The van der Waals surface area contributed by atoms with Crippen molar-refractivity contribution >= 4 is 5.97 Å². The molecule has 0 atom stereocenters. The summed E-state index contributed by atoms with van der Waals surface area (Å²) < 4.78 is 0. The lowest BCUT2D eigenvalue weighted by Crippen LogP contribution is -2.10. The van der Waals surface area contributed by atoms with E-state index in [2.05, 4.69) is 31.2 Å². The number of aliphatic carboxylic acids is 1. The van der Waals surface area contributed by atoms with Crippen LogP contribution in [0.1, 0.15) is 62.5 Å². The van der Waals surface area contributed by atoms with Crippen LogP contribution in [-0.4, -0.2) is 11.1 Å². The van der Waals surface area contributed by atoms with Crippen LogP contribution < -0.4 is 0 Å². The van der Waals surface area contributed by atoms with Crippen molar-refractivity contribution in [1.82, 2.24) is 0 Å². The van der Waals surface area contributed by atoms with Crippen LogP contribution in [0.4, 0.5) is 0 Å². The minimum atomic E-state index is -0.701. The highest BCUT2D eigenvalue weighted by atomic mass is 16.4. The van der Waals surface area contributed by atoms with Crippen molar-refractivity contribution in [2.45, 2.75) is 57.8 Å². The van der Waals surface area contributed by atoms with Crippen molar-refractivity contribution < 1.29 is 9.90 Å². The van der Waals surface area contributed by atoms with Crippen LogP contribution in [0.5, 0.6) is 0 Å². The Morgan fingerprint density at radius 1 is 1.16 bits per heavy atom. The zero-order chi connectivity index (χ0) is 13.7. The van der Waals surface area contributed by atoms with Gasteiger partial charge >= 0.3 is 5.97 Å². The maximum atomic E-state index is 10.5. The summed E-state index contributed by atoms with van der Waals surface area (Å²) in [4.78, 5) is 10.5. The zero-order valence-electron chi connectivity index (χ0n) is 11.8. The summed E-state index contributed by atoms with van der Waals surface area (Å²) in [5.41, 5.74) is 2.73. The highest BCUT2D eigenvalue weighted by molar-refractivity contribution is 5.66. The lowest BCUT2D eigenvalue weighted by Gasteiger charge is -2.26. The number of rotatable bonds is 5. The van der Waals surface area contributed by atoms with Gasteiger partial charge in [0.05, 0.1) is 0 Å². The second-order valence-corrected chi connectivity index (χ2v) is 5.95. The van der Waals surface area contributed by atoms with E-state index in [1.54, 1.807) is 0 Å². The predicted octanol–water partition coefficient (Wildman–Crippen LogP) is 4.39. The highest BCUT2D eigenvalue weighted by Crippen LogP contribution is 2.35. The number of carboxylic acids is 1. The summed E-state index contributed by atoms with van der Waals surface area (Å²) in [6.45, 7) is 2.35. The highest BCUT2D eigenvalue weighted by Gasteiger charge is 2.19. The van der Waals surface area contributed by atoms with Gasteiger partial charge in [0.1, 0.15) is 0 Å². The van der Waals surface area contributed by atoms with Crippen LogP contribution in [0.2, 0.25) is 0 Å². The lowest BCUT2D eigenvalue weighted by molar-refractivity contribution is -0.137. The van der Waals surface area contributed by atoms with Crippen molar-refractivity contribution in [3.8, 4) is 0 Å². The molecule has 1 N–H and O–H groups in total. The topological polar surface area (TPSA) is 37.3 Å². The second-order valence-electron chi connectivity index (χ2n) is 5.95. The number of aryl methyl sites for hydroxylation is 1. The van der Waals surface area contributed by atoms with Crippen LogP contribution in [0, 0.1) is 5.92 Å². The molecule has 0 aliphatic heterocycles. The average Bonchev–Trinajstić information content (AvgIpc) is 2.40. The summed E-state index contributed by atoms with van der Waals surface area (Å²) >= 11 is 0. The first-order chi connectivity index (χ1) is 9.15. The monoisotopic (exact) mass is 260 g/mol. The molecule has 1 aliphatic carbocycles. The fraction of sp³-hybridized carbons (Fsp3) is 0.588. The lowest BCUT2D eigenvalue weighted by atomic mass is 9.79. The predicted molar refractivity (Wildman–Crippen MR) is 77.4 cm³/mol. The third-order valence-electron chi connectivity index (χ3n) is 4.32. The molecular weight excluding hydrogens is 236 g/mol. The third-order valence-corrected chi connectivity index (χ3v) is 4.32. The Bertz CT molecular complexity index is 400. The molecule has 1 aliphatic rings. The molecule has 0 bridgehead atoms. The van der Waals surface area contributed by atoms with Crippen molar-refractivity contribution in [3.05, 3.63) is 35.4 Å². The van der Waals surface area contributed by atoms with E-state index in [0.29, 0.717) is 0 Å². The Balaban J connectivity index is 1.85. The Morgan fingerprint density at radius 2 is 1.79 bits per heavy atom. The summed E-state index contributed by atoms with van der Waals surface area (Å²) in [5, 5.41) is 8.63. The molecule has 0 unspecified atom stereocenters. The molecule has 0 spiro atoms. The molecule has 2 rings (SSSR count). The van der Waals surface area contributed by atoms with Crippen LogP contribution in [0.15, 0.2) is 24.3 Å². The molecule has 1 saturated carbocycles. The first kappa shape index (κ1) is 14.1. The zero-order valence-corrected chi connectivity index (χ0v) is 11.8. The molecule has 0 radical (unpaired) electrons. The number of carboxylic acid groups (broad SMARTS) is 1. The van der Waals surface area contributed by atoms with Crippen molar-refractivity contribution in [3.63, 3.8) is 0 Å². The normalized spacial score (nSPS) is 23.2. The van der Waals surface area contributed by atoms with Crippen molar-refractivity contribution in [2.24, 2.45) is 5.92 Å². The van der Waals surface area contributed by atoms with E-state index in [-0.39, 0.29) is 6.42 Å². The van der Waals surface area contributed by atoms with Crippen molar-refractivity contribution in [1.29, 1.82) is 0 Å². The molecule has 0 saturated heterocycles. The molecule has 0 aromatic heterocycles. The van der Waals surface area contributed by atoms with Gasteiger partial charge in [0, 0.05) is 6.42 Å². The number of carbonyl (C=O) groups is 1. The van der Waals surface area contributed by atoms with E-state index >= 15 is 0 Å². The van der Waals surface area contributed by atoms with E-state index in [9.17, 15) is 4.79 Å². The molecule has 0 amide bonds. The summed E-state index contributed by atoms with van der Waals surface area (Å²) in [5.74, 6) is 0.934. The van der Waals surface area contributed by atoms with E-state index in [4.69, 9.17) is 5.11 Å². The van der Waals surface area contributed by atoms with Gasteiger partial charge in [-0.3, -0.25) is 4.79 Å². The minimum absolute atomic E-state index is 0.266. The number of hydrogen-bond acceptors (Lipinski definition) is 1. The minimum Gasteiger partial charge on any atom is -0.481 e. The first-order valence-corrected chi connectivity index (χ1v) is 7.46. The van der Waals surface area contributed by atoms with Crippen LogP contribution in [0.25, 0.3) is 0 Å². The van der Waals surface area contributed by atoms with Gasteiger partial charge in [0.2, 0.25) is 0 Å². The van der Waals surface area contributed by atoms with E-state index < -0.39 is 5.97 Å². The van der Waals surface area contributed by atoms with Gasteiger partial charge in [-0.05, 0) is 48.6 Å². The molecule has 104 valence electrons. The molecule has 19 heavy (non-hydrogen) atoms. The van der Waals surface area contributed by atoms with Crippen LogP contribution in [0.3, 0.4) is 0 Å². The van der Waals surface area contributed by atoms with E-state index in [0.717, 1.165) is 24.7 Å². The van der Waals surface area contributed by atoms with Gasteiger partial charge in [0.25, 0.3) is 0 Å². The van der Waals surface area contributed by atoms with Gasteiger partial charge < -0.3 is 5.11 Å². The number of benzene rings is 1. The standard InChI is InChI=1S/C17H24O2/c1-13-5-9-15(10-6-13)16-11-7-14(8-12-16)3-2-4-17(18)19/h7-8,11-13,15H,2-6,9-10H2,1H3,(H,18,19). The van der Waals surface area contributed by atoms with Gasteiger partial charge in [-0.15, -0.1) is 0 Å². The molecule has 2 heteroatoms. The van der Waals surface area contributed by atoms with Crippen LogP contribution in [-0.2, 0) is 11.2 Å². The van der Waals surface area contributed by atoms with Crippen LogP contribution >= 0.6 is 0 Å². The van der Waals surface area contributed by atoms with Gasteiger partial charge in [0.15, 0.2) is 0 Å². The Labute approximate surface area is 115 Å². The molecular formula is C17H24O2. The second kappa shape index (κ2) is 6.74. The summed E-state index contributed by atoms with van der Waals surface area (Å²) in [7, 11) is 0. The molecule has 1 fully saturated rings. The fourth-order valence-electron chi connectivity index (χ4n) is 2.99. The number of hydrogen-bond donors (Lipinski definition) is 1. The SMILES string of the molecule is CC1CCC(c2ccc(CCCC(=O)O)cc2)CC1. The quantitative estimate of drug-likeness (QED) is 0.852. The van der Waals surface area contributed by atoms with Crippen molar-refractivity contribution in [2.75, 3.05) is 0 Å². The smallest absolute Gasteiger partial charge is 0.303 e. The Kier molecular flexibility index (Phi) is 5.00. The Morgan fingerprint density at radius 3 is 2.37 bits per heavy atom. The Hall–Kier alpha value is -1.31. The summed E-state index contributed by atoms with van der Waals surface area (Å²) in [6.07, 6.45) is 7.21. The first-order valence-electron chi connectivity index (χ1n) is 7.46. The van der Waals surface area contributed by atoms with E-state index in [1.807, 2.05) is 0 Å². The van der Waals surface area contributed by atoms with E-state index in [1.165, 1.54) is 36.8 Å². The van der Waals surface area contributed by atoms with Gasteiger partial charge in [-0.25, -0.2) is 0 Å². The molecule has 0 heterocycles. The molecule has 2 nitrogen and oxygen atoms in total. The fourth-order valence-corrected chi connectivity index (χ4v) is 2.99. The molecule has 1 aromatic rings. The molecule has 1 aromatic carbocycles. The summed E-state index contributed by atoms with van der Waals surface area (Å²) in [6, 6.07) is 8.85. The van der Waals surface area contributed by atoms with Gasteiger partial charge in [-0.2, -0.15) is 0 Å². The maximum absolute atomic E-state index is 10.5.